The van der Waals surface area contributed by atoms with Crippen LogP contribution in [0.15, 0.2) is 22.8 Å². The predicted molar refractivity (Wildman–Crippen MR) is 72.8 cm³/mol. The summed E-state index contributed by atoms with van der Waals surface area (Å²) in [5.74, 6) is 0.814. The van der Waals surface area contributed by atoms with Crippen LogP contribution in [0, 0.1) is 0 Å². The van der Waals surface area contributed by atoms with E-state index < -0.39 is 6.10 Å². The first-order valence-electron chi connectivity index (χ1n) is 6.40. The Morgan fingerprint density at radius 1 is 1.47 bits per heavy atom. The number of amides is 2. The zero-order chi connectivity index (χ0) is 14.3. The number of aliphatic hydroxyl groups excluding tert-OH is 1. The number of rotatable bonds is 7. The molecule has 0 aliphatic heterocycles. The van der Waals surface area contributed by atoms with Gasteiger partial charge in [-0.3, -0.25) is 4.90 Å². The molecule has 2 amide bonds. The van der Waals surface area contributed by atoms with Crippen LogP contribution in [0.2, 0.25) is 0 Å². The highest BCUT2D eigenvalue weighted by Gasteiger charge is 2.17. The minimum Gasteiger partial charge on any atom is -0.468 e. The van der Waals surface area contributed by atoms with Crippen LogP contribution in [-0.4, -0.2) is 49.3 Å². The standard InChI is InChI=1S/C13H23N3O3/c1-10(17)6-7-14-13(18)15-9-11(16(2)3)12-5-4-8-19-12/h4-5,8,10-11,17H,6-7,9H2,1-3H3,(H2,14,15,18). The molecule has 1 heterocycles. The highest BCUT2D eigenvalue weighted by Crippen LogP contribution is 2.17. The predicted octanol–water partition coefficient (Wildman–Crippen LogP) is 0.952. The lowest BCUT2D eigenvalue weighted by molar-refractivity contribution is 0.183. The summed E-state index contributed by atoms with van der Waals surface area (Å²) >= 11 is 0. The van der Waals surface area contributed by atoms with Crippen molar-refractivity contribution >= 4 is 6.03 Å². The summed E-state index contributed by atoms with van der Waals surface area (Å²) in [6.45, 7) is 2.61. The van der Waals surface area contributed by atoms with Gasteiger partial charge in [-0.15, -0.1) is 0 Å². The fourth-order valence-corrected chi connectivity index (χ4v) is 1.66. The van der Waals surface area contributed by atoms with E-state index in [-0.39, 0.29) is 12.1 Å². The first-order chi connectivity index (χ1) is 9.00. The zero-order valence-corrected chi connectivity index (χ0v) is 11.7. The fourth-order valence-electron chi connectivity index (χ4n) is 1.66. The van der Waals surface area contributed by atoms with Crippen LogP contribution in [0.3, 0.4) is 0 Å². The number of hydrogen-bond donors (Lipinski definition) is 3. The van der Waals surface area contributed by atoms with Gasteiger partial charge in [0.1, 0.15) is 5.76 Å². The molecule has 6 nitrogen and oxygen atoms in total. The van der Waals surface area contributed by atoms with Gasteiger partial charge in [0.15, 0.2) is 0 Å². The van der Waals surface area contributed by atoms with Crippen LogP contribution >= 0.6 is 0 Å². The molecule has 0 spiro atoms. The second-order valence-electron chi connectivity index (χ2n) is 4.77. The second kappa shape index (κ2) is 7.81. The maximum Gasteiger partial charge on any atom is 0.314 e. The van der Waals surface area contributed by atoms with E-state index in [9.17, 15) is 4.79 Å². The quantitative estimate of drug-likeness (QED) is 0.689. The number of nitrogens with one attached hydrogen (secondary N) is 2. The Morgan fingerprint density at radius 3 is 2.74 bits per heavy atom. The third-order valence-electron chi connectivity index (χ3n) is 2.80. The molecule has 19 heavy (non-hydrogen) atoms. The van der Waals surface area contributed by atoms with Crippen molar-refractivity contribution in [1.29, 1.82) is 0 Å². The van der Waals surface area contributed by atoms with Gasteiger partial charge in [-0.2, -0.15) is 0 Å². The van der Waals surface area contributed by atoms with E-state index in [4.69, 9.17) is 9.52 Å². The topological polar surface area (TPSA) is 77.7 Å². The minimum absolute atomic E-state index is 0.00230. The molecule has 2 unspecified atom stereocenters. The first kappa shape index (κ1) is 15.5. The number of aliphatic hydroxyl groups is 1. The molecule has 1 aromatic rings. The van der Waals surface area contributed by atoms with Gasteiger partial charge in [-0.1, -0.05) is 0 Å². The van der Waals surface area contributed by atoms with Gasteiger partial charge in [0.2, 0.25) is 0 Å². The normalized spacial score (nSPS) is 14.2. The number of urea groups is 1. The SMILES string of the molecule is CC(O)CCNC(=O)NCC(c1ccco1)N(C)C. The van der Waals surface area contributed by atoms with Crippen molar-refractivity contribution in [2.24, 2.45) is 0 Å². The molecule has 0 saturated carbocycles. The maximum atomic E-state index is 11.6. The summed E-state index contributed by atoms with van der Waals surface area (Å²) in [4.78, 5) is 13.5. The monoisotopic (exact) mass is 269 g/mol. The van der Waals surface area contributed by atoms with E-state index >= 15 is 0 Å². The molecular formula is C13H23N3O3. The molecule has 0 fully saturated rings. The minimum atomic E-state index is -0.405. The summed E-state index contributed by atoms with van der Waals surface area (Å²) < 4.78 is 5.36. The molecule has 0 aliphatic rings. The largest absolute Gasteiger partial charge is 0.468 e. The van der Waals surface area contributed by atoms with Gasteiger partial charge in [-0.05, 0) is 39.6 Å². The summed E-state index contributed by atoms with van der Waals surface area (Å²) in [5.41, 5.74) is 0. The number of likely N-dealkylation sites (N-methyl/N-ethyl adjacent to an activating group) is 1. The lowest BCUT2D eigenvalue weighted by Crippen LogP contribution is -2.41. The Kier molecular flexibility index (Phi) is 6.38. The van der Waals surface area contributed by atoms with Crippen molar-refractivity contribution in [2.45, 2.75) is 25.5 Å². The Labute approximate surface area is 113 Å². The molecule has 3 N–H and O–H groups in total. The van der Waals surface area contributed by atoms with Crippen molar-refractivity contribution in [2.75, 3.05) is 27.2 Å². The van der Waals surface area contributed by atoms with E-state index in [0.717, 1.165) is 5.76 Å². The summed E-state index contributed by atoms with van der Waals surface area (Å²) in [7, 11) is 3.86. The van der Waals surface area contributed by atoms with Crippen molar-refractivity contribution in [3.05, 3.63) is 24.2 Å². The number of nitrogens with zero attached hydrogens (tertiary/aromatic N) is 1. The first-order valence-corrected chi connectivity index (χ1v) is 6.40. The molecule has 6 heteroatoms. The number of carbonyl (C=O) groups excluding carboxylic acids is 1. The highest BCUT2D eigenvalue weighted by molar-refractivity contribution is 5.73. The molecule has 0 saturated heterocycles. The fraction of sp³-hybridized carbons (Fsp3) is 0.615. The molecule has 0 aromatic carbocycles. The van der Waals surface area contributed by atoms with Gasteiger partial charge < -0.3 is 20.2 Å². The Hall–Kier alpha value is -1.53. The maximum absolute atomic E-state index is 11.6. The van der Waals surface area contributed by atoms with E-state index in [1.807, 2.05) is 31.1 Å². The van der Waals surface area contributed by atoms with Gasteiger partial charge in [0, 0.05) is 13.1 Å². The van der Waals surface area contributed by atoms with Gasteiger partial charge in [0.25, 0.3) is 0 Å². The van der Waals surface area contributed by atoms with Crippen LogP contribution in [0.5, 0.6) is 0 Å². The third kappa shape index (κ3) is 5.76. The molecule has 1 rings (SSSR count). The van der Waals surface area contributed by atoms with Crippen LogP contribution in [-0.2, 0) is 0 Å². The molecule has 0 radical (unpaired) electrons. The zero-order valence-electron chi connectivity index (χ0n) is 11.7. The van der Waals surface area contributed by atoms with Gasteiger partial charge in [-0.25, -0.2) is 4.79 Å². The van der Waals surface area contributed by atoms with E-state index in [1.165, 1.54) is 0 Å². The number of hydrogen-bond acceptors (Lipinski definition) is 4. The Balaban J connectivity index is 2.34. The van der Waals surface area contributed by atoms with Crippen molar-refractivity contribution < 1.29 is 14.3 Å². The van der Waals surface area contributed by atoms with Gasteiger partial charge in [0.05, 0.1) is 18.4 Å². The summed E-state index contributed by atoms with van der Waals surface area (Å²) in [6.07, 6.45) is 1.76. The molecule has 0 aliphatic carbocycles. The van der Waals surface area contributed by atoms with Crippen LogP contribution in [0.1, 0.15) is 25.1 Å². The lowest BCUT2D eigenvalue weighted by Gasteiger charge is -2.22. The third-order valence-corrected chi connectivity index (χ3v) is 2.80. The molecule has 0 bridgehead atoms. The van der Waals surface area contributed by atoms with Crippen molar-refractivity contribution in [3.8, 4) is 0 Å². The average Bonchev–Trinajstić information content (AvgIpc) is 2.82. The molecule has 108 valence electrons. The number of furan rings is 1. The Morgan fingerprint density at radius 2 is 2.21 bits per heavy atom. The summed E-state index contributed by atoms with van der Waals surface area (Å²) in [5, 5.41) is 14.6. The number of carbonyl (C=O) groups is 1. The van der Waals surface area contributed by atoms with Crippen molar-refractivity contribution in [1.82, 2.24) is 15.5 Å². The average molecular weight is 269 g/mol. The van der Waals surface area contributed by atoms with Crippen LogP contribution in [0.25, 0.3) is 0 Å². The van der Waals surface area contributed by atoms with E-state index in [1.54, 1.807) is 13.2 Å². The molecule has 2 atom stereocenters. The summed E-state index contributed by atoms with van der Waals surface area (Å²) in [6, 6.07) is 3.48. The van der Waals surface area contributed by atoms with Crippen LogP contribution in [0.4, 0.5) is 4.79 Å². The lowest BCUT2D eigenvalue weighted by atomic mass is 10.2. The van der Waals surface area contributed by atoms with E-state index in [2.05, 4.69) is 10.6 Å². The van der Waals surface area contributed by atoms with Crippen molar-refractivity contribution in [3.63, 3.8) is 0 Å². The smallest absolute Gasteiger partial charge is 0.314 e. The second-order valence-corrected chi connectivity index (χ2v) is 4.77. The Bertz CT molecular complexity index is 363. The van der Waals surface area contributed by atoms with E-state index in [0.29, 0.717) is 19.5 Å². The highest BCUT2D eigenvalue weighted by atomic mass is 16.3. The molecular weight excluding hydrogens is 246 g/mol. The van der Waals surface area contributed by atoms with Gasteiger partial charge >= 0.3 is 6.03 Å². The molecule has 1 aromatic heterocycles. The van der Waals surface area contributed by atoms with Crippen LogP contribution < -0.4 is 10.6 Å².